The molecule has 0 unspecified atom stereocenters. The number of aromatic nitrogens is 2. The third-order valence-electron chi connectivity index (χ3n) is 4.10. The molecule has 1 saturated heterocycles. The molecule has 1 aliphatic rings. The molecule has 0 aliphatic carbocycles. The fraction of sp³-hybridized carbons (Fsp3) is 0.438. The SMILES string of the molecule is C[C@@H]1CCCN(C(=O)Cn2cnc3ccc(Cl)cc3c2=O)C1. The predicted octanol–water partition coefficient (Wildman–Crippen LogP) is 2.31. The van der Waals surface area contributed by atoms with Crippen LogP contribution in [-0.4, -0.2) is 33.4 Å². The minimum absolute atomic E-state index is 0.0288. The highest BCUT2D eigenvalue weighted by Crippen LogP contribution is 2.16. The summed E-state index contributed by atoms with van der Waals surface area (Å²) in [6, 6.07) is 4.99. The number of likely N-dealkylation sites (tertiary alicyclic amines) is 1. The zero-order chi connectivity index (χ0) is 15.7. The van der Waals surface area contributed by atoms with Gasteiger partial charge < -0.3 is 4.90 Å². The maximum Gasteiger partial charge on any atom is 0.261 e. The monoisotopic (exact) mass is 319 g/mol. The molecule has 1 atom stereocenters. The molecule has 5 nitrogen and oxygen atoms in total. The zero-order valence-electron chi connectivity index (χ0n) is 12.5. The van der Waals surface area contributed by atoms with Gasteiger partial charge in [0.05, 0.1) is 17.2 Å². The van der Waals surface area contributed by atoms with Crippen molar-refractivity contribution in [1.82, 2.24) is 14.5 Å². The summed E-state index contributed by atoms with van der Waals surface area (Å²) in [7, 11) is 0. The molecule has 0 spiro atoms. The van der Waals surface area contributed by atoms with Gasteiger partial charge in [0.15, 0.2) is 0 Å². The van der Waals surface area contributed by atoms with Gasteiger partial charge in [-0.05, 0) is 37.0 Å². The summed E-state index contributed by atoms with van der Waals surface area (Å²) in [6.07, 6.45) is 3.61. The van der Waals surface area contributed by atoms with Gasteiger partial charge in [0.1, 0.15) is 6.54 Å². The summed E-state index contributed by atoms with van der Waals surface area (Å²) >= 11 is 5.94. The van der Waals surface area contributed by atoms with Crippen molar-refractivity contribution in [1.29, 1.82) is 0 Å². The molecule has 1 aromatic heterocycles. The first-order valence-electron chi connectivity index (χ1n) is 7.47. The number of fused-ring (bicyclic) bond motifs is 1. The van der Waals surface area contributed by atoms with E-state index in [9.17, 15) is 9.59 Å². The summed E-state index contributed by atoms with van der Waals surface area (Å²) in [4.78, 5) is 30.9. The van der Waals surface area contributed by atoms with E-state index in [2.05, 4.69) is 11.9 Å². The van der Waals surface area contributed by atoms with Crippen LogP contribution in [0.1, 0.15) is 19.8 Å². The van der Waals surface area contributed by atoms with Gasteiger partial charge in [-0.25, -0.2) is 4.98 Å². The summed E-state index contributed by atoms with van der Waals surface area (Å²) in [5.41, 5.74) is 0.357. The van der Waals surface area contributed by atoms with E-state index in [4.69, 9.17) is 11.6 Å². The molecule has 1 aliphatic heterocycles. The van der Waals surface area contributed by atoms with Crippen LogP contribution in [0.4, 0.5) is 0 Å². The minimum Gasteiger partial charge on any atom is -0.341 e. The van der Waals surface area contributed by atoms with Crippen molar-refractivity contribution in [2.75, 3.05) is 13.1 Å². The third-order valence-corrected chi connectivity index (χ3v) is 4.34. The highest BCUT2D eigenvalue weighted by molar-refractivity contribution is 6.31. The highest BCUT2D eigenvalue weighted by Gasteiger charge is 2.21. The second-order valence-corrected chi connectivity index (χ2v) is 6.36. The quantitative estimate of drug-likeness (QED) is 0.853. The van der Waals surface area contributed by atoms with E-state index in [1.807, 2.05) is 4.90 Å². The molecular formula is C16H18ClN3O2. The Morgan fingerprint density at radius 1 is 1.45 bits per heavy atom. The zero-order valence-corrected chi connectivity index (χ0v) is 13.2. The maximum atomic E-state index is 12.5. The molecule has 6 heteroatoms. The first kappa shape index (κ1) is 15.0. The minimum atomic E-state index is -0.231. The molecule has 0 saturated carbocycles. The van der Waals surface area contributed by atoms with Crippen molar-refractivity contribution in [3.63, 3.8) is 0 Å². The number of carbonyl (C=O) groups excluding carboxylic acids is 1. The number of piperidine rings is 1. The Kier molecular flexibility index (Phi) is 4.16. The van der Waals surface area contributed by atoms with Gasteiger partial charge in [0, 0.05) is 18.1 Å². The van der Waals surface area contributed by atoms with Crippen molar-refractivity contribution in [2.45, 2.75) is 26.3 Å². The average molecular weight is 320 g/mol. The van der Waals surface area contributed by atoms with Gasteiger partial charge in [0.25, 0.3) is 5.56 Å². The van der Waals surface area contributed by atoms with Crippen LogP contribution in [0.15, 0.2) is 29.3 Å². The van der Waals surface area contributed by atoms with Crippen LogP contribution < -0.4 is 5.56 Å². The summed E-state index contributed by atoms with van der Waals surface area (Å²) in [5.74, 6) is 0.486. The fourth-order valence-corrected chi connectivity index (χ4v) is 3.08. The molecule has 0 bridgehead atoms. The lowest BCUT2D eigenvalue weighted by Crippen LogP contribution is -2.42. The molecule has 0 radical (unpaired) electrons. The normalized spacial score (nSPS) is 18.6. The van der Waals surface area contributed by atoms with Gasteiger partial charge >= 0.3 is 0 Å². The van der Waals surface area contributed by atoms with Crippen LogP contribution in [0, 0.1) is 5.92 Å². The number of hydrogen-bond acceptors (Lipinski definition) is 3. The molecule has 0 N–H and O–H groups in total. The number of hydrogen-bond donors (Lipinski definition) is 0. The second kappa shape index (κ2) is 6.08. The number of rotatable bonds is 2. The fourth-order valence-electron chi connectivity index (χ4n) is 2.91. The molecule has 2 heterocycles. The number of nitrogens with zero attached hydrogens (tertiary/aromatic N) is 3. The molecule has 1 fully saturated rings. The van der Waals surface area contributed by atoms with Crippen molar-refractivity contribution < 1.29 is 4.79 Å². The smallest absolute Gasteiger partial charge is 0.261 e. The van der Waals surface area contributed by atoms with Crippen LogP contribution in [0.3, 0.4) is 0 Å². The third kappa shape index (κ3) is 2.99. The predicted molar refractivity (Wildman–Crippen MR) is 86.0 cm³/mol. The lowest BCUT2D eigenvalue weighted by atomic mass is 10.0. The first-order valence-corrected chi connectivity index (χ1v) is 7.85. The van der Waals surface area contributed by atoms with E-state index in [0.717, 1.165) is 25.9 Å². The number of carbonyl (C=O) groups is 1. The van der Waals surface area contributed by atoms with Gasteiger partial charge in [-0.15, -0.1) is 0 Å². The van der Waals surface area contributed by atoms with E-state index in [1.54, 1.807) is 18.2 Å². The molecular weight excluding hydrogens is 302 g/mol. The lowest BCUT2D eigenvalue weighted by Gasteiger charge is -2.31. The Balaban J connectivity index is 1.86. The summed E-state index contributed by atoms with van der Waals surface area (Å²) < 4.78 is 1.36. The van der Waals surface area contributed by atoms with Crippen LogP contribution in [0.2, 0.25) is 5.02 Å². The average Bonchev–Trinajstić information content (AvgIpc) is 2.50. The molecule has 2 aromatic rings. The van der Waals surface area contributed by atoms with Crippen molar-refractivity contribution in [3.05, 3.63) is 39.9 Å². The van der Waals surface area contributed by atoms with Crippen molar-refractivity contribution in [2.24, 2.45) is 5.92 Å². The number of amides is 1. The van der Waals surface area contributed by atoms with E-state index in [0.29, 0.717) is 21.8 Å². The van der Waals surface area contributed by atoms with E-state index in [-0.39, 0.29) is 18.0 Å². The Hall–Kier alpha value is -1.88. The Morgan fingerprint density at radius 2 is 2.27 bits per heavy atom. The lowest BCUT2D eigenvalue weighted by molar-refractivity contribution is -0.133. The van der Waals surface area contributed by atoms with Gasteiger partial charge in [0.2, 0.25) is 5.91 Å². The highest BCUT2D eigenvalue weighted by atomic mass is 35.5. The second-order valence-electron chi connectivity index (χ2n) is 5.93. The van der Waals surface area contributed by atoms with Crippen LogP contribution >= 0.6 is 11.6 Å². The van der Waals surface area contributed by atoms with E-state index >= 15 is 0 Å². The topological polar surface area (TPSA) is 55.2 Å². The van der Waals surface area contributed by atoms with Crippen molar-refractivity contribution >= 4 is 28.4 Å². The molecule has 22 heavy (non-hydrogen) atoms. The van der Waals surface area contributed by atoms with Crippen molar-refractivity contribution in [3.8, 4) is 0 Å². The largest absolute Gasteiger partial charge is 0.341 e. The summed E-state index contributed by atoms with van der Waals surface area (Å²) in [6.45, 7) is 3.71. The number of halogens is 1. The number of benzene rings is 1. The van der Waals surface area contributed by atoms with Gasteiger partial charge in [-0.1, -0.05) is 18.5 Å². The van der Waals surface area contributed by atoms with Gasteiger partial charge in [-0.2, -0.15) is 0 Å². The Morgan fingerprint density at radius 3 is 3.05 bits per heavy atom. The summed E-state index contributed by atoms with van der Waals surface area (Å²) in [5, 5.41) is 0.926. The Labute approximate surface area is 133 Å². The van der Waals surface area contributed by atoms with Gasteiger partial charge in [-0.3, -0.25) is 14.2 Å². The van der Waals surface area contributed by atoms with E-state index in [1.165, 1.54) is 10.9 Å². The standard InChI is InChI=1S/C16H18ClN3O2/c1-11-3-2-6-19(8-11)15(21)9-20-10-18-14-5-4-12(17)7-13(14)16(20)22/h4-5,7,10-11H,2-3,6,8-9H2,1H3/t11-/m1/s1. The maximum absolute atomic E-state index is 12.5. The van der Waals surface area contributed by atoms with Crippen LogP contribution in [0.5, 0.6) is 0 Å². The van der Waals surface area contributed by atoms with E-state index < -0.39 is 0 Å². The molecule has 1 aromatic carbocycles. The Bertz CT molecular complexity index is 772. The first-order chi connectivity index (χ1) is 10.5. The van der Waals surface area contributed by atoms with Crippen LogP contribution in [-0.2, 0) is 11.3 Å². The molecule has 3 rings (SSSR count). The van der Waals surface area contributed by atoms with Crippen LogP contribution in [0.25, 0.3) is 10.9 Å². The molecule has 116 valence electrons. The molecule has 1 amide bonds.